The summed E-state index contributed by atoms with van der Waals surface area (Å²) >= 11 is 0.756. The van der Waals surface area contributed by atoms with Crippen LogP contribution in [0, 0.1) is 5.82 Å². The number of rotatable bonds is 4. The number of aromatic carboxylic acids is 1. The molecule has 1 aromatic heterocycles. The number of benzene rings is 1. The smallest absolute Gasteiger partial charge is 0.345 e. The van der Waals surface area contributed by atoms with Gasteiger partial charge < -0.3 is 5.11 Å². The van der Waals surface area contributed by atoms with Crippen molar-refractivity contribution in [3.63, 3.8) is 0 Å². The zero-order chi connectivity index (χ0) is 14.0. The lowest BCUT2D eigenvalue weighted by Gasteiger charge is -2.06. The van der Waals surface area contributed by atoms with Gasteiger partial charge in [0.2, 0.25) is 0 Å². The third kappa shape index (κ3) is 2.91. The Morgan fingerprint density at radius 3 is 2.47 bits per heavy atom. The van der Waals surface area contributed by atoms with E-state index in [1.165, 1.54) is 24.3 Å². The second-order valence-electron chi connectivity index (χ2n) is 3.50. The Hall–Kier alpha value is -1.93. The van der Waals surface area contributed by atoms with Crippen molar-refractivity contribution in [2.75, 3.05) is 4.72 Å². The molecule has 0 fully saturated rings. The normalized spacial score (nSPS) is 11.2. The summed E-state index contributed by atoms with van der Waals surface area (Å²) in [6.07, 6.45) is 0. The molecule has 0 unspecified atom stereocenters. The van der Waals surface area contributed by atoms with E-state index in [1.807, 2.05) is 0 Å². The number of carbonyl (C=O) groups is 1. The van der Waals surface area contributed by atoms with Gasteiger partial charge in [0.25, 0.3) is 10.0 Å². The van der Waals surface area contributed by atoms with Gasteiger partial charge in [0.15, 0.2) is 0 Å². The van der Waals surface area contributed by atoms with Crippen LogP contribution in [0.3, 0.4) is 0 Å². The Morgan fingerprint density at radius 2 is 1.89 bits per heavy atom. The molecule has 1 aromatic carbocycles. The summed E-state index contributed by atoms with van der Waals surface area (Å²) in [6.45, 7) is 0. The number of carboxylic acid groups (broad SMARTS) is 1. The average Bonchev–Trinajstić information content (AvgIpc) is 2.77. The Balaban J connectivity index is 2.31. The van der Waals surface area contributed by atoms with E-state index < -0.39 is 26.7 Å². The van der Waals surface area contributed by atoms with Crippen LogP contribution in [0.5, 0.6) is 0 Å². The fraction of sp³-hybridized carbons (Fsp3) is 0. The van der Waals surface area contributed by atoms with E-state index >= 15 is 0 Å². The van der Waals surface area contributed by atoms with E-state index in [0.717, 1.165) is 23.5 Å². The Morgan fingerprint density at radius 1 is 1.21 bits per heavy atom. The van der Waals surface area contributed by atoms with Crippen LogP contribution in [0.1, 0.15) is 9.67 Å². The van der Waals surface area contributed by atoms with Crippen molar-refractivity contribution >= 4 is 32.3 Å². The Bertz CT molecular complexity index is 724. The molecule has 0 spiro atoms. The molecule has 0 saturated heterocycles. The number of nitrogens with one attached hydrogen (secondary N) is 1. The fourth-order valence-corrected chi connectivity index (χ4v) is 3.48. The van der Waals surface area contributed by atoms with Crippen molar-refractivity contribution < 1.29 is 22.7 Å². The molecule has 0 aliphatic heterocycles. The summed E-state index contributed by atoms with van der Waals surface area (Å²) in [5.41, 5.74) is 0. The third-order valence-corrected chi connectivity index (χ3v) is 4.69. The zero-order valence-electron chi connectivity index (χ0n) is 9.33. The number of hydrogen-bond donors (Lipinski definition) is 2. The average molecular weight is 301 g/mol. The Labute approximate surface area is 112 Å². The van der Waals surface area contributed by atoms with Crippen molar-refractivity contribution in [3.8, 4) is 0 Å². The van der Waals surface area contributed by atoms with E-state index in [4.69, 9.17) is 5.11 Å². The van der Waals surface area contributed by atoms with Crippen LogP contribution in [0.2, 0.25) is 0 Å². The third-order valence-electron chi connectivity index (χ3n) is 2.18. The van der Waals surface area contributed by atoms with Crippen LogP contribution < -0.4 is 4.72 Å². The lowest BCUT2D eigenvalue weighted by molar-refractivity contribution is 0.0702. The molecule has 0 amide bonds. The van der Waals surface area contributed by atoms with Crippen LogP contribution in [-0.2, 0) is 10.0 Å². The van der Waals surface area contributed by atoms with Gasteiger partial charge in [-0.05, 0) is 24.3 Å². The fourth-order valence-electron chi connectivity index (χ4n) is 1.36. The molecule has 0 atom stereocenters. The molecule has 0 aliphatic carbocycles. The molecule has 1 heterocycles. The van der Waals surface area contributed by atoms with Crippen molar-refractivity contribution in [3.05, 3.63) is 47.1 Å². The lowest BCUT2D eigenvalue weighted by Crippen LogP contribution is -2.13. The van der Waals surface area contributed by atoms with Crippen LogP contribution in [0.15, 0.2) is 41.3 Å². The second-order valence-corrected chi connectivity index (χ2v) is 6.24. The van der Waals surface area contributed by atoms with Gasteiger partial charge in [-0.3, -0.25) is 4.72 Å². The topological polar surface area (TPSA) is 83.5 Å². The number of halogens is 1. The predicted octanol–water partition coefficient (Wildman–Crippen LogP) is 2.39. The molecular formula is C11H8FNO4S2. The molecule has 100 valence electrons. The molecule has 5 nitrogen and oxygen atoms in total. The summed E-state index contributed by atoms with van der Waals surface area (Å²) in [7, 11) is -4.06. The maximum Gasteiger partial charge on any atom is 0.345 e. The number of carboxylic acids is 1. The minimum absolute atomic E-state index is 0.00812. The highest BCUT2D eigenvalue weighted by Crippen LogP contribution is 2.25. The zero-order valence-corrected chi connectivity index (χ0v) is 11.0. The largest absolute Gasteiger partial charge is 0.477 e. The highest BCUT2D eigenvalue weighted by atomic mass is 32.2. The molecule has 2 aromatic rings. The van der Waals surface area contributed by atoms with E-state index in [2.05, 4.69) is 4.72 Å². The van der Waals surface area contributed by atoms with Gasteiger partial charge in [0.1, 0.15) is 20.6 Å². The van der Waals surface area contributed by atoms with Crippen LogP contribution in [0.25, 0.3) is 0 Å². The van der Waals surface area contributed by atoms with E-state index in [9.17, 15) is 17.6 Å². The first-order valence-electron chi connectivity index (χ1n) is 5.00. The first-order chi connectivity index (χ1) is 8.90. The molecule has 0 aliphatic rings. The highest BCUT2D eigenvalue weighted by molar-refractivity contribution is 7.93. The lowest BCUT2D eigenvalue weighted by atomic mass is 10.4. The summed E-state index contributed by atoms with van der Waals surface area (Å²) in [4.78, 5) is 10.2. The minimum atomic E-state index is -4.06. The van der Waals surface area contributed by atoms with Crippen molar-refractivity contribution in [1.82, 2.24) is 0 Å². The number of hydrogen-bond acceptors (Lipinski definition) is 4. The summed E-state index contributed by atoms with van der Waals surface area (Å²) in [6, 6.07) is 7.52. The molecule has 8 heteroatoms. The van der Waals surface area contributed by atoms with Crippen LogP contribution in [0.4, 0.5) is 9.39 Å². The van der Waals surface area contributed by atoms with Gasteiger partial charge in [-0.25, -0.2) is 17.6 Å². The van der Waals surface area contributed by atoms with E-state index in [-0.39, 0.29) is 9.88 Å². The maximum atomic E-state index is 13.4. The van der Waals surface area contributed by atoms with Crippen molar-refractivity contribution in [1.29, 1.82) is 0 Å². The molecule has 2 rings (SSSR count). The standard InChI is InChI=1S/C11H8FNO4S2/c12-7-3-1-2-4-9(7)19(16,17)13-10-6-5-8(18-10)11(14)15/h1-6,13H,(H,14,15). The summed E-state index contributed by atoms with van der Waals surface area (Å²) in [5.74, 6) is -2.02. The first-order valence-corrected chi connectivity index (χ1v) is 7.30. The quantitative estimate of drug-likeness (QED) is 0.908. The molecule has 2 N–H and O–H groups in total. The summed E-state index contributed by atoms with van der Waals surface area (Å²) < 4.78 is 39.4. The molecule has 19 heavy (non-hydrogen) atoms. The van der Waals surface area contributed by atoms with Crippen molar-refractivity contribution in [2.24, 2.45) is 0 Å². The monoisotopic (exact) mass is 301 g/mol. The highest BCUT2D eigenvalue weighted by Gasteiger charge is 2.19. The number of sulfonamides is 1. The van der Waals surface area contributed by atoms with Gasteiger partial charge in [-0.2, -0.15) is 0 Å². The number of anilines is 1. The summed E-state index contributed by atoms with van der Waals surface area (Å²) in [5, 5.41) is 8.84. The van der Waals surface area contributed by atoms with Gasteiger partial charge in [-0.1, -0.05) is 12.1 Å². The first kappa shape index (κ1) is 13.5. The van der Waals surface area contributed by atoms with Crippen LogP contribution >= 0.6 is 11.3 Å². The number of thiophene rings is 1. The van der Waals surface area contributed by atoms with E-state index in [0.29, 0.717) is 0 Å². The second kappa shape index (κ2) is 4.98. The molecule has 0 saturated carbocycles. The van der Waals surface area contributed by atoms with Crippen LogP contribution in [-0.4, -0.2) is 19.5 Å². The SMILES string of the molecule is O=C(O)c1ccc(NS(=O)(=O)c2ccccc2F)s1. The van der Waals surface area contributed by atoms with Gasteiger partial charge >= 0.3 is 5.97 Å². The van der Waals surface area contributed by atoms with Gasteiger partial charge in [-0.15, -0.1) is 11.3 Å². The van der Waals surface area contributed by atoms with Gasteiger partial charge in [0, 0.05) is 0 Å². The molecular weight excluding hydrogens is 293 g/mol. The minimum Gasteiger partial charge on any atom is -0.477 e. The van der Waals surface area contributed by atoms with E-state index in [1.54, 1.807) is 0 Å². The molecule has 0 radical (unpaired) electrons. The predicted molar refractivity (Wildman–Crippen MR) is 68.5 cm³/mol. The van der Waals surface area contributed by atoms with Crippen molar-refractivity contribution in [2.45, 2.75) is 4.90 Å². The molecule has 0 bridgehead atoms. The van der Waals surface area contributed by atoms with Gasteiger partial charge in [0.05, 0.1) is 0 Å². The maximum absolute atomic E-state index is 13.4. The Kier molecular flexibility index (Phi) is 3.54.